The molecule has 1 aromatic rings. The van der Waals surface area contributed by atoms with Gasteiger partial charge in [0, 0.05) is 33.3 Å². The summed E-state index contributed by atoms with van der Waals surface area (Å²) < 4.78 is 7.07. The van der Waals surface area contributed by atoms with Gasteiger partial charge in [-0.05, 0) is 39.2 Å². The first-order valence-electron chi connectivity index (χ1n) is 8.85. The number of hydrogen-bond donors (Lipinski definition) is 2. The number of aryl methyl sites for hydroxylation is 2. The van der Waals surface area contributed by atoms with Gasteiger partial charge < -0.3 is 20.3 Å². The van der Waals surface area contributed by atoms with Crippen LogP contribution in [0, 0.1) is 19.8 Å². The maximum atomic E-state index is 12.2. The number of aromatic nitrogens is 2. The molecule has 1 aliphatic heterocycles. The molecule has 2 amide bonds. The molecular weight excluding hydrogens is 306 g/mol. The molecule has 1 aliphatic rings. The van der Waals surface area contributed by atoms with E-state index in [1.54, 1.807) is 7.11 Å². The van der Waals surface area contributed by atoms with Gasteiger partial charge in [0.15, 0.2) is 0 Å². The van der Waals surface area contributed by atoms with Crippen molar-refractivity contribution in [1.82, 2.24) is 20.0 Å². The highest BCUT2D eigenvalue weighted by Gasteiger charge is 2.22. The number of methoxy groups -OCH3 is 1. The first kappa shape index (κ1) is 18.7. The van der Waals surface area contributed by atoms with Crippen LogP contribution in [0.1, 0.15) is 31.2 Å². The van der Waals surface area contributed by atoms with Crippen molar-refractivity contribution in [2.45, 2.75) is 40.2 Å². The number of hydrogen-bond acceptors (Lipinski definition) is 4. The molecule has 2 heterocycles. The minimum atomic E-state index is -0.146. The Bertz CT molecular complexity index is 543. The third-order valence-electron chi connectivity index (χ3n) is 4.59. The molecule has 7 nitrogen and oxygen atoms in total. The molecule has 0 unspecified atom stereocenters. The molecule has 7 heteroatoms. The van der Waals surface area contributed by atoms with E-state index in [9.17, 15) is 4.79 Å². The molecule has 136 valence electrons. The Morgan fingerprint density at radius 2 is 2.17 bits per heavy atom. The van der Waals surface area contributed by atoms with Crippen molar-refractivity contribution in [3.8, 4) is 0 Å². The Kier molecular flexibility index (Phi) is 7.05. The van der Waals surface area contributed by atoms with E-state index < -0.39 is 0 Å². The zero-order valence-electron chi connectivity index (χ0n) is 15.4. The number of anilines is 1. The summed E-state index contributed by atoms with van der Waals surface area (Å²) in [5.41, 5.74) is 2.70. The van der Waals surface area contributed by atoms with Crippen LogP contribution in [-0.4, -0.2) is 60.6 Å². The van der Waals surface area contributed by atoms with Crippen LogP contribution in [-0.2, 0) is 11.3 Å². The van der Waals surface area contributed by atoms with Gasteiger partial charge in [0.2, 0.25) is 0 Å². The highest BCUT2D eigenvalue weighted by Crippen LogP contribution is 2.20. The Morgan fingerprint density at radius 3 is 2.88 bits per heavy atom. The lowest BCUT2D eigenvalue weighted by Gasteiger charge is -2.16. The molecule has 1 fully saturated rings. The second-order valence-electron chi connectivity index (χ2n) is 6.55. The Labute approximate surface area is 144 Å². The second kappa shape index (κ2) is 9.03. The Morgan fingerprint density at radius 1 is 1.38 bits per heavy atom. The van der Waals surface area contributed by atoms with Gasteiger partial charge in [0.05, 0.1) is 23.7 Å². The fraction of sp³-hybridized carbons (Fsp3) is 0.765. The molecule has 0 aliphatic carbocycles. The van der Waals surface area contributed by atoms with Gasteiger partial charge >= 0.3 is 6.03 Å². The van der Waals surface area contributed by atoms with Gasteiger partial charge in [0.1, 0.15) is 0 Å². The van der Waals surface area contributed by atoms with Crippen LogP contribution in [0.25, 0.3) is 0 Å². The minimum absolute atomic E-state index is 0.146. The van der Waals surface area contributed by atoms with Crippen molar-refractivity contribution in [3.05, 3.63) is 11.4 Å². The number of carbonyl (C=O) groups excluding carboxylic acids is 1. The fourth-order valence-corrected chi connectivity index (χ4v) is 3.21. The lowest BCUT2D eigenvalue weighted by atomic mass is 10.1. The first-order chi connectivity index (χ1) is 11.5. The van der Waals surface area contributed by atoms with E-state index in [0.29, 0.717) is 12.5 Å². The van der Waals surface area contributed by atoms with Crippen LogP contribution in [0.15, 0.2) is 0 Å². The number of carbonyl (C=O) groups is 1. The normalized spacial score (nSPS) is 18.1. The van der Waals surface area contributed by atoms with Gasteiger partial charge in [-0.15, -0.1) is 0 Å². The molecule has 0 saturated carbocycles. The minimum Gasteiger partial charge on any atom is -0.383 e. The summed E-state index contributed by atoms with van der Waals surface area (Å²) in [5, 5.41) is 10.4. The van der Waals surface area contributed by atoms with E-state index in [1.165, 1.54) is 0 Å². The van der Waals surface area contributed by atoms with Crippen LogP contribution in [0.2, 0.25) is 0 Å². The van der Waals surface area contributed by atoms with Crippen LogP contribution >= 0.6 is 0 Å². The van der Waals surface area contributed by atoms with Crippen molar-refractivity contribution < 1.29 is 9.53 Å². The van der Waals surface area contributed by atoms with E-state index in [0.717, 1.165) is 62.7 Å². The third kappa shape index (κ3) is 4.95. The smallest absolute Gasteiger partial charge is 0.319 e. The number of nitrogens with zero attached hydrogens (tertiary/aromatic N) is 3. The maximum Gasteiger partial charge on any atom is 0.319 e. The number of likely N-dealkylation sites (tertiary alicyclic amines) is 1. The van der Waals surface area contributed by atoms with Gasteiger partial charge in [-0.25, -0.2) is 4.79 Å². The van der Waals surface area contributed by atoms with Crippen LogP contribution < -0.4 is 10.6 Å². The predicted octanol–water partition coefficient (Wildman–Crippen LogP) is 2.00. The van der Waals surface area contributed by atoms with Crippen LogP contribution in [0.4, 0.5) is 10.5 Å². The predicted molar refractivity (Wildman–Crippen MR) is 95.4 cm³/mol. The van der Waals surface area contributed by atoms with Crippen LogP contribution in [0.3, 0.4) is 0 Å². The molecule has 0 spiro atoms. The molecule has 2 N–H and O–H groups in total. The quantitative estimate of drug-likeness (QED) is 0.761. The summed E-state index contributed by atoms with van der Waals surface area (Å²) in [7, 11) is 1.73. The highest BCUT2D eigenvalue weighted by atomic mass is 16.5. The molecule has 24 heavy (non-hydrogen) atoms. The van der Waals surface area contributed by atoms with E-state index in [4.69, 9.17) is 4.74 Å². The Hall–Kier alpha value is -1.60. The summed E-state index contributed by atoms with van der Waals surface area (Å²) >= 11 is 0. The third-order valence-corrected chi connectivity index (χ3v) is 4.59. The monoisotopic (exact) mass is 337 g/mol. The number of amides is 2. The van der Waals surface area contributed by atoms with E-state index in [1.807, 2.05) is 18.5 Å². The average molecular weight is 337 g/mol. The average Bonchev–Trinajstić information content (AvgIpc) is 3.11. The number of rotatable bonds is 8. The number of ether oxygens (including phenoxy) is 1. The maximum absolute atomic E-state index is 12.2. The van der Waals surface area contributed by atoms with E-state index >= 15 is 0 Å². The molecule has 1 atom stereocenters. The largest absolute Gasteiger partial charge is 0.383 e. The first-order valence-corrected chi connectivity index (χ1v) is 8.85. The molecule has 1 saturated heterocycles. The highest BCUT2D eigenvalue weighted by molar-refractivity contribution is 5.90. The van der Waals surface area contributed by atoms with Gasteiger partial charge in [-0.3, -0.25) is 4.68 Å². The number of urea groups is 1. The summed E-state index contributed by atoms with van der Waals surface area (Å²) in [6.45, 7) is 11.5. The molecule has 0 radical (unpaired) electrons. The second-order valence-corrected chi connectivity index (χ2v) is 6.55. The standard InChI is InChI=1S/C17H31N5O2/c1-5-7-22-14(3)16(13(2)20-22)19-17(23)18-11-15-6-8-21(12-15)9-10-24-4/h15H,5-12H2,1-4H3,(H2,18,19,23)/t15-/m0/s1. The zero-order chi connectivity index (χ0) is 17.5. The summed E-state index contributed by atoms with van der Waals surface area (Å²) in [6, 6.07) is -0.146. The van der Waals surface area contributed by atoms with Crippen molar-refractivity contribution in [2.24, 2.45) is 5.92 Å². The fourth-order valence-electron chi connectivity index (χ4n) is 3.21. The topological polar surface area (TPSA) is 71.4 Å². The van der Waals surface area contributed by atoms with Gasteiger partial charge in [-0.2, -0.15) is 5.10 Å². The van der Waals surface area contributed by atoms with Crippen LogP contribution in [0.5, 0.6) is 0 Å². The summed E-state index contributed by atoms with van der Waals surface area (Å²) in [5.74, 6) is 0.512. The molecule has 2 rings (SSSR count). The van der Waals surface area contributed by atoms with Crippen molar-refractivity contribution >= 4 is 11.7 Å². The molecular formula is C17H31N5O2. The summed E-state index contributed by atoms with van der Waals surface area (Å²) in [4.78, 5) is 14.6. The van der Waals surface area contributed by atoms with E-state index in [-0.39, 0.29) is 6.03 Å². The lowest BCUT2D eigenvalue weighted by Crippen LogP contribution is -2.34. The van der Waals surface area contributed by atoms with Crippen molar-refractivity contribution in [3.63, 3.8) is 0 Å². The molecule has 0 aromatic carbocycles. The lowest BCUT2D eigenvalue weighted by molar-refractivity contribution is 0.159. The molecule has 0 bridgehead atoms. The van der Waals surface area contributed by atoms with Gasteiger partial charge in [0.25, 0.3) is 0 Å². The Balaban J connectivity index is 1.78. The van der Waals surface area contributed by atoms with Crippen molar-refractivity contribution in [1.29, 1.82) is 0 Å². The SMILES string of the molecule is CCCn1nc(C)c(NC(=O)NC[C@@H]2CCN(CCOC)C2)c1C. The van der Waals surface area contributed by atoms with Crippen molar-refractivity contribution in [2.75, 3.05) is 45.2 Å². The van der Waals surface area contributed by atoms with E-state index in [2.05, 4.69) is 27.6 Å². The zero-order valence-corrected chi connectivity index (χ0v) is 15.4. The number of nitrogens with one attached hydrogen (secondary N) is 2. The van der Waals surface area contributed by atoms with Gasteiger partial charge in [-0.1, -0.05) is 6.92 Å². The summed E-state index contributed by atoms with van der Waals surface area (Å²) in [6.07, 6.45) is 2.14. The molecule has 1 aromatic heterocycles.